The molecule has 2 atom stereocenters. The van der Waals surface area contributed by atoms with Gasteiger partial charge in [-0.15, -0.1) is 0 Å². The lowest BCUT2D eigenvalue weighted by molar-refractivity contribution is -0.140. The maximum Gasteiger partial charge on any atom is 0.305 e. The van der Waals surface area contributed by atoms with Crippen molar-refractivity contribution in [2.24, 2.45) is 5.92 Å². The Morgan fingerprint density at radius 1 is 1.14 bits per heavy atom. The minimum atomic E-state index is -1.84. The maximum atomic E-state index is 13.7. The molecule has 2 aromatic carbocycles. The molecule has 0 aliphatic carbocycles. The average Bonchev–Trinajstić information content (AvgIpc) is 3.12. The number of hydrogen-bond acceptors (Lipinski definition) is 6. The van der Waals surface area contributed by atoms with Crippen molar-refractivity contribution in [2.45, 2.75) is 51.0 Å². The molecule has 8 nitrogen and oxygen atoms in total. The van der Waals surface area contributed by atoms with Crippen LogP contribution in [0.2, 0.25) is 0 Å². The molecule has 0 aromatic heterocycles. The highest BCUT2D eigenvalue weighted by molar-refractivity contribution is 6.09. The van der Waals surface area contributed by atoms with E-state index in [-0.39, 0.29) is 24.9 Å². The molecule has 2 aliphatic heterocycles. The van der Waals surface area contributed by atoms with Crippen molar-refractivity contribution >= 4 is 34.8 Å². The van der Waals surface area contributed by atoms with E-state index < -0.39 is 17.4 Å². The summed E-state index contributed by atoms with van der Waals surface area (Å²) in [6, 6.07) is 13.1. The van der Waals surface area contributed by atoms with Gasteiger partial charge in [-0.2, -0.15) is 0 Å². The average molecular weight is 507 g/mol. The van der Waals surface area contributed by atoms with Gasteiger partial charge in [0.1, 0.15) is 0 Å². The highest BCUT2D eigenvalue weighted by Crippen LogP contribution is 2.48. The lowest BCUT2D eigenvalue weighted by Crippen LogP contribution is -2.44. The molecule has 0 fully saturated rings. The van der Waals surface area contributed by atoms with Gasteiger partial charge in [-0.05, 0) is 55.5 Å². The van der Waals surface area contributed by atoms with E-state index in [0.717, 1.165) is 11.3 Å². The highest BCUT2D eigenvalue weighted by Gasteiger charge is 2.52. The lowest BCUT2D eigenvalue weighted by Gasteiger charge is -2.31. The van der Waals surface area contributed by atoms with Gasteiger partial charge in [0, 0.05) is 43.2 Å². The number of hydrogen-bond donors (Lipinski definition) is 2. The van der Waals surface area contributed by atoms with Crippen molar-refractivity contribution in [2.75, 3.05) is 30.1 Å². The first kappa shape index (κ1) is 26.6. The van der Waals surface area contributed by atoms with E-state index in [1.54, 1.807) is 41.0 Å². The number of aliphatic hydroxyl groups is 2. The van der Waals surface area contributed by atoms with Gasteiger partial charge < -0.3 is 19.8 Å². The first-order valence-corrected chi connectivity index (χ1v) is 12.8. The summed E-state index contributed by atoms with van der Waals surface area (Å²) < 4.78 is 4.70. The Hall–Kier alpha value is -3.49. The van der Waals surface area contributed by atoms with E-state index in [4.69, 9.17) is 9.84 Å². The number of amides is 2. The topological polar surface area (TPSA) is 107 Å². The summed E-state index contributed by atoms with van der Waals surface area (Å²) >= 11 is 0. The third kappa shape index (κ3) is 5.04. The van der Waals surface area contributed by atoms with Crippen LogP contribution in [0.1, 0.15) is 50.2 Å². The maximum absolute atomic E-state index is 13.7. The standard InChI is InChI=1S/C29H34N2O6/c1-20(9-6-8-18-32)29(36)23-19-22(31-24-11-4-3-10-21(24)13-16-26(31)33)14-15-25(23)30(28(29)35)17-7-5-12-27(34)37-2/h3-4,6,9-11,14-15,19-20,32,36H,5,7-8,12-13,16-18H2,1-2H3/b9-6+/t20-,29+/m1/s1. The summed E-state index contributed by atoms with van der Waals surface area (Å²) in [5.74, 6) is -1.36. The molecule has 196 valence electrons. The molecule has 0 spiro atoms. The molecule has 2 heterocycles. The number of anilines is 3. The summed E-state index contributed by atoms with van der Waals surface area (Å²) in [6.45, 7) is 2.08. The fourth-order valence-electron chi connectivity index (χ4n) is 5.16. The molecule has 2 N–H and O–H groups in total. The SMILES string of the molecule is COC(=O)CCCCN1C(=O)[C@](O)([C@H](C)/C=C/CCO)c2cc(N3C(=O)CCc4ccccc43)ccc21. The van der Waals surface area contributed by atoms with Gasteiger partial charge >= 0.3 is 5.97 Å². The number of ether oxygens (including phenoxy) is 1. The Morgan fingerprint density at radius 2 is 1.92 bits per heavy atom. The number of esters is 1. The number of benzene rings is 2. The van der Waals surface area contributed by atoms with Gasteiger partial charge in [0.25, 0.3) is 5.91 Å². The van der Waals surface area contributed by atoms with Crippen LogP contribution in [0.25, 0.3) is 0 Å². The molecular formula is C29H34N2O6. The molecule has 8 heteroatoms. The lowest BCUT2D eigenvalue weighted by atomic mass is 9.82. The quantitative estimate of drug-likeness (QED) is 0.289. The van der Waals surface area contributed by atoms with Crippen molar-refractivity contribution in [1.82, 2.24) is 0 Å². The molecule has 0 bridgehead atoms. The Morgan fingerprint density at radius 3 is 2.68 bits per heavy atom. The third-order valence-corrected chi connectivity index (χ3v) is 7.22. The van der Waals surface area contributed by atoms with E-state index >= 15 is 0 Å². The van der Waals surface area contributed by atoms with Crippen molar-refractivity contribution in [3.05, 3.63) is 65.7 Å². The van der Waals surface area contributed by atoms with E-state index in [9.17, 15) is 19.5 Å². The minimum absolute atomic E-state index is 0.0286. The molecule has 0 unspecified atom stereocenters. The van der Waals surface area contributed by atoms with Crippen LogP contribution < -0.4 is 9.80 Å². The number of carbonyl (C=O) groups excluding carboxylic acids is 3. The second kappa shape index (κ2) is 11.3. The number of aliphatic hydroxyl groups excluding tert-OH is 1. The second-order valence-corrected chi connectivity index (χ2v) is 9.54. The predicted octanol–water partition coefficient (Wildman–Crippen LogP) is 3.75. The van der Waals surface area contributed by atoms with Crippen molar-refractivity contribution in [3.63, 3.8) is 0 Å². The molecule has 2 amide bonds. The second-order valence-electron chi connectivity index (χ2n) is 9.54. The summed E-state index contributed by atoms with van der Waals surface area (Å²) in [6.07, 6.45) is 6.33. The number of nitrogens with zero attached hydrogens (tertiary/aromatic N) is 2. The van der Waals surface area contributed by atoms with E-state index in [1.807, 2.05) is 30.3 Å². The molecule has 2 aliphatic rings. The molecule has 0 saturated heterocycles. The zero-order valence-electron chi connectivity index (χ0n) is 21.4. The Kier molecular flexibility index (Phi) is 8.10. The fourth-order valence-corrected chi connectivity index (χ4v) is 5.16. The van der Waals surface area contributed by atoms with Gasteiger partial charge in [0.05, 0.1) is 18.5 Å². The molecule has 37 heavy (non-hydrogen) atoms. The highest BCUT2D eigenvalue weighted by atomic mass is 16.5. The predicted molar refractivity (Wildman–Crippen MR) is 140 cm³/mol. The van der Waals surface area contributed by atoms with Crippen LogP contribution in [-0.4, -0.2) is 48.3 Å². The molecule has 2 aromatic rings. The van der Waals surface area contributed by atoms with Crippen LogP contribution in [0.4, 0.5) is 17.1 Å². The zero-order valence-corrected chi connectivity index (χ0v) is 21.4. The van der Waals surface area contributed by atoms with Crippen LogP contribution >= 0.6 is 0 Å². The van der Waals surface area contributed by atoms with Crippen molar-refractivity contribution in [3.8, 4) is 0 Å². The van der Waals surface area contributed by atoms with E-state index in [2.05, 4.69) is 0 Å². The molecular weight excluding hydrogens is 472 g/mol. The number of methoxy groups -OCH3 is 1. The van der Waals surface area contributed by atoms with Crippen LogP contribution in [0, 0.1) is 5.92 Å². The summed E-state index contributed by atoms with van der Waals surface area (Å²) in [7, 11) is 1.34. The molecule has 0 saturated carbocycles. The Balaban J connectivity index is 1.72. The monoisotopic (exact) mass is 506 g/mol. The van der Waals surface area contributed by atoms with Crippen LogP contribution in [-0.2, 0) is 31.1 Å². The van der Waals surface area contributed by atoms with Crippen molar-refractivity contribution < 1.29 is 29.3 Å². The summed E-state index contributed by atoms with van der Waals surface area (Å²) in [5.41, 5.74) is 1.68. The van der Waals surface area contributed by atoms with Crippen LogP contribution in [0.15, 0.2) is 54.6 Å². The van der Waals surface area contributed by atoms with Gasteiger partial charge in [-0.3, -0.25) is 19.3 Å². The van der Waals surface area contributed by atoms with E-state index in [0.29, 0.717) is 55.6 Å². The first-order chi connectivity index (χ1) is 17.8. The van der Waals surface area contributed by atoms with Gasteiger partial charge in [-0.25, -0.2) is 0 Å². The number of rotatable bonds is 10. The number of aryl methyl sites for hydroxylation is 1. The van der Waals surface area contributed by atoms with Crippen LogP contribution in [0.3, 0.4) is 0 Å². The summed E-state index contributed by atoms with van der Waals surface area (Å²) in [5, 5.41) is 21.1. The van der Waals surface area contributed by atoms with Gasteiger partial charge in [0.15, 0.2) is 5.60 Å². The number of carbonyl (C=O) groups is 3. The molecule has 4 rings (SSSR count). The number of fused-ring (bicyclic) bond motifs is 2. The van der Waals surface area contributed by atoms with Crippen LogP contribution in [0.5, 0.6) is 0 Å². The fraction of sp³-hybridized carbons (Fsp3) is 0.414. The Bertz CT molecular complexity index is 1210. The molecule has 0 radical (unpaired) electrons. The van der Waals surface area contributed by atoms with Crippen molar-refractivity contribution in [1.29, 1.82) is 0 Å². The van der Waals surface area contributed by atoms with E-state index in [1.165, 1.54) is 7.11 Å². The number of unbranched alkanes of at least 4 members (excludes halogenated alkanes) is 1. The Labute approximate surface area is 217 Å². The minimum Gasteiger partial charge on any atom is -0.469 e. The smallest absolute Gasteiger partial charge is 0.305 e. The normalized spacial score (nSPS) is 19.8. The first-order valence-electron chi connectivity index (χ1n) is 12.8. The van der Waals surface area contributed by atoms with Gasteiger partial charge in [-0.1, -0.05) is 37.3 Å². The largest absolute Gasteiger partial charge is 0.469 e. The van der Waals surface area contributed by atoms with Gasteiger partial charge in [0.2, 0.25) is 5.91 Å². The number of para-hydroxylation sites is 1. The third-order valence-electron chi connectivity index (χ3n) is 7.22. The zero-order chi connectivity index (χ0) is 26.6. The summed E-state index contributed by atoms with van der Waals surface area (Å²) in [4.78, 5) is 41.5.